The van der Waals surface area contributed by atoms with Crippen molar-refractivity contribution >= 4 is 29.1 Å². The van der Waals surface area contributed by atoms with Crippen LogP contribution in [0.5, 0.6) is 0 Å². The summed E-state index contributed by atoms with van der Waals surface area (Å²) < 4.78 is 0. The number of hydrogen-bond acceptors (Lipinski definition) is 3. The molecular weight excluding hydrogens is 254 g/mol. The van der Waals surface area contributed by atoms with Gasteiger partial charge in [-0.2, -0.15) is 0 Å². The van der Waals surface area contributed by atoms with Gasteiger partial charge in [0, 0.05) is 19.4 Å². The summed E-state index contributed by atoms with van der Waals surface area (Å²) >= 11 is 5.62. The van der Waals surface area contributed by atoms with Crippen molar-refractivity contribution in [3.8, 4) is 0 Å². The summed E-state index contributed by atoms with van der Waals surface area (Å²) in [6.45, 7) is 2.61. The lowest BCUT2D eigenvalue weighted by atomic mass is 10.2. The highest BCUT2D eigenvalue weighted by atomic mass is 35.5. The predicted octanol–water partition coefficient (Wildman–Crippen LogP) is 1.98. The number of amides is 2. The van der Waals surface area contributed by atoms with Crippen LogP contribution in [-0.4, -0.2) is 23.3 Å². The van der Waals surface area contributed by atoms with Crippen LogP contribution in [0, 0.1) is 0 Å². The second-order valence-electron chi connectivity index (χ2n) is 3.77. The summed E-state index contributed by atoms with van der Waals surface area (Å²) in [6, 6.07) is 3.25. The van der Waals surface area contributed by atoms with Crippen molar-refractivity contribution < 1.29 is 9.59 Å². The molecule has 0 saturated carbocycles. The zero-order chi connectivity index (χ0) is 13.4. The maximum absolute atomic E-state index is 11.5. The summed E-state index contributed by atoms with van der Waals surface area (Å²) in [7, 11) is 0. The van der Waals surface area contributed by atoms with E-state index in [4.69, 9.17) is 11.6 Å². The first kappa shape index (κ1) is 14.4. The molecule has 0 spiro atoms. The average molecular weight is 270 g/mol. The van der Waals surface area contributed by atoms with Crippen molar-refractivity contribution in [2.75, 3.05) is 11.9 Å². The molecule has 0 aliphatic heterocycles. The topological polar surface area (TPSA) is 71.1 Å². The highest BCUT2D eigenvalue weighted by molar-refractivity contribution is 6.29. The van der Waals surface area contributed by atoms with Gasteiger partial charge in [-0.05, 0) is 18.6 Å². The van der Waals surface area contributed by atoms with Crippen LogP contribution < -0.4 is 10.6 Å². The number of anilines is 1. The first-order valence-electron chi connectivity index (χ1n) is 5.80. The van der Waals surface area contributed by atoms with Crippen LogP contribution in [0.3, 0.4) is 0 Å². The van der Waals surface area contributed by atoms with Gasteiger partial charge in [0.15, 0.2) is 0 Å². The molecule has 0 atom stereocenters. The fraction of sp³-hybridized carbons (Fsp3) is 0.417. The molecule has 0 saturated heterocycles. The first-order valence-corrected chi connectivity index (χ1v) is 6.17. The maximum atomic E-state index is 11.5. The Morgan fingerprint density at radius 3 is 2.61 bits per heavy atom. The van der Waals surface area contributed by atoms with Crippen molar-refractivity contribution in [1.82, 2.24) is 10.3 Å². The minimum Gasteiger partial charge on any atom is -0.356 e. The van der Waals surface area contributed by atoms with E-state index in [1.807, 2.05) is 6.92 Å². The van der Waals surface area contributed by atoms with Gasteiger partial charge in [-0.1, -0.05) is 18.5 Å². The van der Waals surface area contributed by atoms with Gasteiger partial charge in [0.1, 0.15) is 5.15 Å². The normalized spacial score (nSPS) is 9.89. The number of carbonyl (C=O) groups is 2. The molecule has 2 N–H and O–H groups in total. The first-order chi connectivity index (χ1) is 8.61. The minimum atomic E-state index is -0.217. The zero-order valence-electron chi connectivity index (χ0n) is 10.2. The number of rotatable bonds is 6. The fourth-order valence-corrected chi connectivity index (χ4v) is 1.36. The average Bonchev–Trinajstić information content (AvgIpc) is 2.36. The van der Waals surface area contributed by atoms with E-state index in [-0.39, 0.29) is 24.7 Å². The smallest absolute Gasteiger partial charge is 0.224 e. The van der Waals surface area contributed by atoms with Crippen molar-refractivity contribution in [1.29, 1.82) is 0 Å². The maximum Gasteiger partial charge on any atom is 0.224 e. The molecule has 0 bridgehead atoms. The van der Waals surface area contributed by atoms with Crippen LogP contribution in [0.15, 0.2) is 18.3 Å². The Balaban J connectivity index is 2.29. The van der Waals surface area contributed by atoms with Crippen molar-refractivity contribution in [3.63, 3.8) is 0 Å². The van der Waals surface area contributed by atoms with E-state index >= 15 is 0 Å². The van der Waals surface area contributed by atoms with E-state index in [1.54, 1.807) is 12.1 Å². The van der Waals surface area contributed by atoms with Crippen LogP contribution in [-0.2, 0) is 9.59 Å². The summed E-state index contributed by atoms with van der Waals surface area (Å²) in [5.74, 6) is -0.327. The molecular formula is C12H16ClN3O2. The van der Waals surface area contributed by atoms with E-state index in [9.17, 15) is 9.59 Å². The number of pyridine rings is 1. The van der Waals surface area contributed by atoms with Crippen molar-refractivity contribution in [2.45, 2.75) is 26.2 Å². The number of hydrogen-bond donors (Lipinski definition) is 2. The molecule has 2 amide bonds. The van der Waals surface area contributed by atoms with Crippen LogP contribution in [0.2, 0.25) is 5.15 Å². The van der Waals surface area contributed by atoms with Gasteiger partial charge >= 0.3 is 0 Å². The lowest BCUT2D eigenvalue weighted by Gasteiger charge is -2.05. The SMILES string of the molecule is CCCNC(=O)CCC(=O)Nc1ccc(Cl)nc1. The zero-order valence-corrected chi connectivity index (χ0v) is 11.0. The highest BCUT2D eigenvalue weighted by Gasteiger charge is 2.06. The molecule has 0 aliphatic carbocycles. The molecule has 5 nitrogen and oxygen atoms in total. The second kappa shape index (κ2) is 7.66. The predicted molar refractivity (Wildman–Crippen MR) is 70.4 cm³/mol. The Labute approximate surface area is 111 Å². The quantitative estimate of drug-likeness (QED) is 0.776. The molecule has 0 radical (unpaired) electrons. The third-order valence-electron chi connectivity index (χ3n) is 2.16. The van der Waals surface area contributed by atoms with Crippen LogP contribution in [0.25, 0.3) is 0 Å². The molecule has 0 aliphatic rings. The van der Waals surface area contributed by atoms with Gasteiger partial charge in [-0.3, -0.25) is 9.59 Å². The molecule has 1 heterocycles. The van der Waals surface area contributed by atoms with Gasteiger partial charge in [0.2, 0.25) is 11.8 Å². The van der Waals surface area contributed by atoms with E-state index in [0.717, 1.165) is 6.42 Å². The van der Waals surface area contributed by atoms with Crippen LogP contribution >= 0.6 is 11.6 Å². The van der Waals surface area contributed by atoms with Gasteiger partial charge < -0.3 is 10.6 Å². The van der Waals surface area contributed by atoms with E-state index in [1.165, 1.54) is 6.20 Å². The monoisotopic (exact) mass is 269 g/mol. The summed E-state index contributed by atoms with van der Waals surface area (Å²) in [4.78, 5) is 26.6. The lowest BCUT2D eigenvalue weighted by Crippen LogP contribution is -2.25. The third-order valence-corrected chi connectivity index (χ3v) is 2.39. The molecule has 6 heteroatoms. The Morgan fingerprint density at radius 2 is 2.00 bits per heavy atom. The molecule has 1 aromatic heterocycles. The molecule has 0 aromatic carbocycles. The number of halogens is 1. The molecule has 0 fully saturated rings. The number of nitrogens with zero attached hydrogens (tertiary/aromatic N) is 1. The Hall–Kier alpha value is -1.62. The van der Waals surface area contributed by atoms with Gasteiger partial charge in [0.25, 0.3) is 0 Å². The van der Waals surface area contributed by atoms with Gasteiger partial charge in [0.05, 0.1) is 11.9 Å². The Bertz CT molecular complexity index is 406. The van der Waals surface area contributed by atoms with Crippen LogP contribution in [0.1, 0.15) is 26.2 Å². The summed E-state index contributed by atoms with van der Waals surface area (Å²) in [5.41, 5.74) is 0.568. The molecule has 1 aromatic rings. The Kier molecular flexibility index (Phi) is 6.14. The number of carbonyl (C=O) groups excluding carboxylic acids is 2. The summed E-state index contributed by atoms with van der Waals surface area (Å²) in [6.07, 6.45) is 2.69. The Morgan fingerprint density at radius 1 is 1.28 bits per heavy atom. The fourth-order valence-electron chi connectivity index (χ4n) is 1.25. The number of aromatic nitrogens is 1. The second-order valence-corrected chi connectivity index (χ2v) is 4.15. The molecule has 18 heavy (non-hydrogen) atoms. The van der Waals surface area contributed by atoms with Crippen molar-refractivity contribution in [2.24, 2.45) is 0 Å². The number of nitrogens with one attached hydrogen (secondary N) is 2. The summed E-state index contributed by atoms with van der Waals surface area (Å²) in [5, 5.41) is 5.72. The molecule has 1 rings (SSSR count). The van der Waals surface area contributed by atoms with E-state index in [0.29, 0.717) is 17.4 Å². The molecule has 98 valence electrons. The third kappa shape index (κ3) is 5.63. The van der Waals surface area contributed by atoms with Gasteiger partial charge in [-0.25, -0.2) is 4.98 Å². The van der Waals surface area contributed by atoms with Crippen molar-refractivity contribution in [3.05, 3.63) is 23.5 Å². The standard InChI is InChI=1S/C12H16ClN3O2/c1-2-7-14-11(17)5-6-12(18)16-9-3-4-10(13)15-8-9/h3-4,8H,2,5-7H2,1H3,(H,14,17)(H,16,18). The van der Waals surface area contributed by atoms with E-state index < -0.39 is 0 Å². The largest absolute Gasteiger partial charge is 0.356 e. The lowest BCUT2D eigenvalue weighted by molar-refractivity contribution is -0.124. The van der Waals surface area contributed by atoms with Gasteiger partial charge in [-0.15, -0.1) is 0 Å². The van der Waals surface area contributed by atoms with E-state index in [2.05, 4.69) is 15.6 Å². The minimum absolute atomic E-state index is 0.110. The highest BCUT2D eigenvalue weighted by Crippen LogP contribution is 2.10. The molecule has 0 unspecified atom stereocenters. The van der Waals surface area contributed by atoms with Crippen LogP contribution in [0.4, 0.5) is 5.69 Å².